The van der Waals surface area contributed by atoms with Gasteiger partial charge >= 0.3 is 0 Å². The van der Waals surface area contributed by atoms with E-state index in [0.29, 0.717) is 22.6 Å². The number of carbonyl (C=O) groups excluding carboxylic acids is 1. The van der Waals surface area contributed by atoms with Crippen LogP contribution in [0, 0.1) is 12.7 Å². The Labute approximate surface area is 117 Å². The smallest absolute Gasteiger partial charge is 0.256 e. The molecule has 0 fully saturated rings. The van der Waals surface area contributed by atoms with E-state index in [1.54, 1.807) is 25.3 Å². The van der Waals surface area contributed by atoms with E-state index in [9.17, 15) is 9.18 Å². The van der Waals surface area contributed by atoms with Crippen LogP contribution in [-0.4, -0.2) is 25.0 Å². The maximum atomic E-state index is 13.1. The molecule has 2 rings (SSSR count). The normalized spacial score (nSPS) is 10.2. The summed E-state index contributed by atoms with van der Waals surface area (Å²) < 4.78 is 13.1. The van der Waals surface area contributed by atoms with Gasteiger partial charge in [-0.25, -0.2) is 9.37 Å². The Balaban J connectivity index is 2.28. The van der Waals surface area contributed by atoms with E-state index in [1.165, 1.54) is 18.2 Å². The van der Waals surface area contributed by atoms with Crippen LogP contribution in [0.15, 0.2) is 36.5 Å². The summed E-state index contributed by atoms with van der Waals surface area (Å²) in [6.07, 6.45) is 1.66. The standard InChI is InChI=1S/C15H16FN3O/c1-10-9-11(16)6-7-12(10)15(20)18-13-5-4-8-17-14(13)19(2)3/h4-9H,1-3H3,(H,18,20). The van der Waals surface area contributed by atoms with Crippen LogP contribution in [0.5, 0.6) is 0 Å². The highest BCUT2D eigenvalue weighted by atomic mass is 19.1. The Bertz CT molecular complexity index is 641. The van der Waals surface area contributed by atoms with Gasteiger partial charge in [-0.1, -0.05) is 0 Å². The Morgan fingerprint density at radius 1 is 1.30 bits per heavy atom. The van der Waals surface area contributed by atoms with Crippen molar-refractivity contribution in [2.24, 2.45) is 0 Å². The van der Waals surface area contributed by atoms with Crippen molar-refractivity contribution in [2.75, 3.05) is 24.3 Å². The lowest BCUT2D eigenvalue weighted by Gasteiger charge is -2.16. The second-order valence-corrected chi connectivity index (χ2v) is 4.68. The van der Waals surface area contributed by atoms with Gasteiger partial charge in [-0.15, -0.1) is 0 Å². The molecule has 104 valence electrons. The number of amides is 1. The van der Waals surface area contributed by atoms with Gasteiger partial charge in [0.2, 0.25) is 0 Å². The molecule has 0 bridgehead atoms. The summed E-state index contributed by atoms with van der Waals surface area (Å²) in [6.45, 7) is 1.70. The fourth-order valence-electron chi connectivity index (χ4n) is 1.92. The van der Waals surface area contributed by atoms with Crippen molar-refractivity contribution in [1.82, 2.24) is 4.98 Å². The number of hydrogen-bond acceptors (Lipinski definition) is 3. The average Bonchev–Trinajstić information content (AvgIpc) is 2.38. The van der Waals surface area contributed by atoms with E-state index in [4.69, 9.17) is 0 Å². The Morgan fingerprint density at radius 2 is 2.05 bits per heavy atom. The Hall–Kier alpha value is -2.43. The molecule has 1 N–H and O–H groups in total. The number of pyridine rings is 1. The molecular weight excluding hydrogens is 257 g/mol. The van der Waals surface area contributed by atoms with Gasteiger partial charge in [-0.05, 0) is 42.8 Å². The number of halogens is 1. The third-order valence-corrected chi connectivity index (χ3v) is 2.89. The molecule has 1 heterocycles. The zero-order valence-corrected chi connectivity index (χ0v) is 11.6. The predicted molar refractivity (Wildman–Crippen MR) is 77.7 cm³/mol. The summed E-state index contributed by atoms with van der Waals surface area (Å²) in [5, 5.41) is 2.80. The molecule has 2 aromatic rings. The van der Waals surface area contributed by atoms with Crippen LogP contribution in [0.2, 0.25) is 0 Å². The van der Waals surface area contributed by atoms with Gasteiger partial charge in [0.25, 0.3) is 5.91 Å². The van der Waals surface area contributed by atoms with Crippen LogP contribution in [0.1, 0.15) is 15.9 Å². The number of anilines is 2. The number of nitrogens with zero attached hydrogens (tertiary/aromatic N) is 2. The molecule has 1 aromatic carbocycles. The molecule has 5 heteroatoms. The summed E-state index contributed by atoms with van der Waals surface area (Å²) in [6, 6.07) is 7.62. The van der Waals surface area contributed by atoms with Crippen molar-refractivity contribution in [1.29, 1.82) is 0 Å². The summed E-state index contributed by atoms with van der Waals surface area (Å²) >= 11 is 0. The Kier molecular flexibility index (Phi) is 3.98. The minimum atomic E-state index is -0.352. The number of benzene rings is 1. The van der Waals surface area contributed by atoms with Crippen LogP contribution in [-0.2, 0) is 0 Å². The lowest BCUT2D eigenvalue weighted by molar-refractivity contribution is 0.102. The molecule has 0 saturated carbocycles. The van der Waals surface area contributed by atoms with Crippen LogP contribution >= 0.6 is 0 Å². The second kappa shape index (κ2) is 5.69. The first-order valence-electron chi connectivity index (χ1n) is 6.19. The zero-order chi connectivity index (χ0) is 14.7. The predicted octanol–water partition coefficient (Wildman–Crippen LogP) is 2.85. The number of aryl methyl sites for hydroxylation is 1. The van der Waals surface area contributed by atoms with Crippen molar-refractivity contribution in [3.05, 3.63) is 53.5 Å². The molecule has 0 aliphatic carbocycles. The average molecular weight is 273 g/mol. The summed E-state index contributed by atoms with van der Waals surface area (Å²) in [4.78, 5) is 18.3. The number of nitrogens with one attached hydrogen (secondary N) is 1. The van der Waals surface area contributed by atoms with E-state index in [0.717, 1.165) is 0 Å². The number of carbonyl (C=O) groups is 1. The van der Waals surface area contributed by atoms with Gasteiger partial charge in [0.05, 0.1) is 5.69 Å². The third kappa shape index (κ3) is 2.93. The van der Waals surface area contributed by atoms with Gasteiger partial charge in [0.1, 0.15) is 5.82 Å². The lowest BCUT2D eigenvalue weighted by atomic mass is 10.1. The first-order valence-corrected chi connectivity index (χ1v) is 6.19. The second-order valence-electron chi connectivity index (χ2n) is 4.68. The first-order chi connectivity index (χ1) is 9.49. The number of hydrogen-bond donors (Lipinski definition) is 1. The zero-order valence-electron chi connectivity index (χ0n) is 11.6. The van der Waals surface area contributed by atoms with Crippen molar-refractivity contribution in [3.8, 4) is 0 Å². The highest BCUT2D eigenvalue weighted by molar-refractivity contribution is 6.06. The molecular formula is C15H16FN3O. The number of aromatic nitrogens is 1. The van der Waals surface area contributed by atoms with Crippen molar-refractivity contribution >= 4 is 17.4 Å². The highest BCUT2D eigenvalue weighted by Crippen LogP contribution is 2.21. The minimum Gasteiger partial charge on any atom is -0.361 e. The topological polar surface area (TPSA) is 45.2 Å². The minimum absolute atomic E-state index is 0.279. The molecule has 0 radical (unpaired) electrons. The van der Waals surface area contributed by atoms with E-state index in [2.05, 4.69) is 10.3 Å². The van der Waals surface area contributed by atoms with Crippen molar-refractivity contribution in [3.63, 3.8) is 0 Å². The molecule has 0 unspecified atom stereocenters. The van der Waals surface area contributed by atoms with Crippen LogP contribution < -0.4 is 10.2 Å². The fraction of sp³-hybridized carbons (Fsp3) is 0.200. The molecule has 1 aromatic heterocycles. The third-order valence-electron chi connectivity index (χ3n) is 2.89. The molecule has 0 aliphatic rings. The largest absolute Gasteiger partial charge is 0.361 e. The molecule has 1 amide bonds. The summed E-state index contributed by atoms with van der Waals surface area (Å²) in [7, 11) is 3.70. The van der Waals surface area contributed by atoms with Crippen LogP contribution in [0.4, 0.5) is 15.9 Å². The maximum Gasteiger partial charge on any atom is 0.256 e. The molecule has 0 saturated heterocycles. The molecule has 0 aliphatic heterocycles. The molecule has 0 spiro atoms. The van der Waals surface area contributed by atoms with Gasteiger partial charge < -0.3 is 10.2 Å². The monoisotopic (exact) mass is 273 g/mol. The lowest BCUT2D eigenvalue weighted by Crippen LogP contribution is -2.18. The van der Waals surface area contributed by atoms with Gasteiger partial charge in [0.15, 0.2) is 5.82 Å². The van der Waals surface area contributed by atoms with Crippen LogP contribution in [0.25, 0.3) is 0 Å². The van der Waals surface area contributed by atoms with Gasteiger partial charge in [-0.3, -0.25) is 4.79 Å². The molecule has 0 atom stereocenters. The van der Waals surface area contributed by atoms with Crippen LogP contribution in [0.3, 0.4) is 0 Å². The Morgan fingerprint density at radius 3 is 2.70 bits per heavy atom. The number of rotatable bonds is 3. The first kappa shape index (κ1) is 14.0. The molecule has 20 heavy (non-hydrogen) atoms. The van der Waals surface area contributed by atoms with Crippen molar-refractivity contribution in [2.45, 2.75) is 6.92 Å². The van der Waals surface area contributed by atoms with E-state index in [1.807, 2.05) is 19.0 Å². The highest BCUT2D eigenvalue weighted by Gasteiger charge is 2.13. The van der Waals surface area contributed by atoms with Crippen molar-refractivity contribution < 1.29 is 9.18 Å². The van der Waals surface area contributed by atoms with E-state index in [-0.39, 0.29) is 11.7 Å². The van der Waals surface area contributed by atoms with Gasteiger partial charge in [-0.2, -0.15) is 0 Å². The summed E-state index contributed by atoms with van der Waals surface area (Å²) in [5.74, 6) is 0.0358. The van der Waals surface area contributed by atoms with Gasteiger partial charge in [0, 0.05) is 25.9 Å². The van der Waals surface area contributed by atoms with E-state index < -0.39 is 0 Å². The summed E-state index contributed by atoms with van der Waals surface area (Å²) in [5.41, 5.74) is 1.66. The van der Waals surface area contributed by atoms with E-state index >= 15 is 0 Å². The maximum absolute atomic E-state index is 13.1. The SMILES string of the molecule is Cc1cc(F)ccc1C(=O)Nc1cccnc1N(C)C. The molecule has 4 nitrogen and oxygen atoms in total. The quantitative estimate of drug-likeness (QED) is 0.935. The fourth-order valence-corrected chi connectivity index (χ4v) is 1.92.